The van der Waals surface area contributed by atoms with Crippen LogP contribution in [0.5, 0.6) is 0 Å². The highest BCUT2D eigenvalue weighted by Gasteiger charge is 2.22. The van der Waals surface area contributed by atoms with Crippen LogP contribution in [0, 0.1) is 5.82 Å². The quantitative estimate of drug-likeness (QED) is 0.908. The van der Waals surface area contributed by atoms with Crippen LogP contribution < -0.4 is 5.32 Å². The number of nitrogens with one attached hydrogen (secondary N) is 1. The fraction of sp³-hybridized carbons (Fsp3) is 0.294. The fourth-order valence-electron chi connectivity index (χ4n) is 3.07. The van der Waals surface area contributed by atoms with Crippen LogP contribution in [0.25, 0.3) is 0 Å². The van der Waals surface area contributed by atoms with Gasteiger partial charge in [-0.3, -0.25) is 4.98 Å². The predicted octanol–water partition coefficient (Wildman–Crippen LogP) is 3.45. The maximum absolute atomic E-state index is 13.9. The number of aromatic carboxylic acids is 1. The Labute approximate surface area is 128 Å². The molecule has 22 heavy (non-hydrogen) atoms. The van der Waals surface area contributed by atoms with Crippen molar-refractivity contribution in [3.8, 4) is 0 Å². The van der Waals surface area contributed by atoms with Gasteiger partial charge in [0.05, 0.1) is 17.4 Å². The smallest absolute Gasteiger partial charge is 0.337 e. The predicted molar refractivity (Wildman–Crippen MR) is 81.8 cm³/mol. The summed E-state index contributed by atoms with van der Waals surface area (Å²) in [4.78, 5) is 15.2. The first-order valence-corrected chi connectivity index (χ1v) is 7.35. The number of hydrogen-bond donors (Lipinski definition) is 2. The minimum atomic E-state index is -0.986. The molecule has 0 fully saturated rings. The molecular formula is C17H17FN2O2. The monoisotopic (exact) mass is 300 g/mol. The van der Waals surface area contributed by atoms with Crippen LogP contribution in [0.3, 0.4) is 0 Å². The summed E-state index contributed by atoms with van der Waals surface area (Å²) in [5, 5.41) is 12.3. The summed E-state index contributed by atoms with van der Waals surface area (Å²) < 4.78 is 13.9. The Balaban J connectivity index is 1.79. The van der Waals surface area contributed by atoms with Gasteiger partial charge in [0.1, 0.15) is 5.82 Å². The van der Waals surface area contributed by atoms with Gasteiger partial charge in [0.2, 0.25) is 0 Å². The Morgan fingerprint density at radius 1 is 1.41 bits per heavy atom. The van der Waals surface area contributed by atoms with Crippen molar-refractivity contribution >= 4 is 11.7 Å². The zero-order chi connectivity index (χ0) is 15.5. The topological polar surface area (TPSA) is 62.2 Å². The number of benzene rings is 1. The minimum Gasteiger partial charge on any atom is -0.478 e. The molecule has 1 atom stereocenters. The molecular weight excluding hydrogens is 283 g/mol. The number of anilines is 1. The Morgan fingerprint density at radius 2 is 2.27 bits per heavy atom. The normalized spacial score (nSPS) is 16.9. The second-order valence-corrected chi connectivity index (χ2v) is 5.50. The van der Waals surface area contributed by atoms with Crippen LogP contribution in [0.4, 0.5) is 10.1 Å². The van der Waals surface area contributed by atoms with E-state index in [0.717, 1.165) is 30.4 Å². The third kappa shape index (κ3) is 2.79. The summed E-state index contributed by atoms with van der Waals surface area (Å²) in [6.07, 6.45) is 5.65. The van der Waals surface area contributed by atoms with E-state index in [9.17, 15) is 14.3 Å². The Morgan fingerprint density at radius 3 is 3.09 bits per heavy atom. The number of hydrogen-bond acceptors (Lipinski definition) is 3. The third-order valence-electron chi connectivity index (χ3n) is 4.16. The molecule has 3 rings (SSSR count). The van der Waals surface area contributed by atoms with Crippen LogP contribution in [0.1, 0.15) is 40.2 Å². The standard InChI is InChI=1S/C17H17FN2O2/c18-15-6-2-4-12-11(3-1-5-13(12)15)9-20-16-10-19-8-7-14(16)17(21)22/h2,4,6-8,10-11,20H,1,3,5,9H2,(H,21,22). The van der Waals surface area contributed by atoms with E-state index in [0.29, 0.717) is 12.2 Å². The van der Waals surface area contributed by atoms with Gasteiger partial charge in [-0.05, 0) is 42.5 Å². The SMILES string of the molecule is O=C(O)c1ccncc1NCC1CCCc2c(F)cccc21. The van der Waals surface area contributed by atoms with Crippen molar-refractivity contribution in [2.45, 2.75) is 25.2 Å². The van der Waals surface area contributed by atoms with E-state index < -0.39 is 5.97 Å². The van der Waals surface area contributed by atoms with Gasteiger partial charge in [0.25, 0.3) is 0 Å². The zero-order valence-corrected chi connectivity index (χ0v) is 12.1. The summed E-state index contributed by atoms with van der Waals surface area (Å²) in [7, 11) is 0. The number of aromatic nitrogens is 1. The van der Waals surface area contributed by atoms with Gasteiger partial charge in [-0.25, -0.2) is 9.18 Å². The van der Waals surface area contributed by atoms with E-state index in [1.165, 1.54) is 24.5 Å². The Kier molecular flexibility index (Phi) is 4.04. The second kappa shape index (κ2) is 6.13. The first kappa shape index (κ1) is 14.5. The summed E-state index contributed by atoms with van der Waals surface area (Å²) in [5.41, 5.74) is 2.52. The molecule has 2 aromatic rings. The number of halogens is 1. The lowest BCUT2D eigenvalue weighted by Gasteiger charge is -2.26. The number of carboxylic acids is 1. The van der Waals surface area contributed by atoms with Gasteiger partial charge in [-0.15, -0.1) is 0 Å². The lowest BCUT2D eigenvalue weighted by molar-refractivity contribution is 0.0698. The first-order chi connectivity index (χ1) is 10.7. The van der Waals surface area contributed by atoms with Gasteiger partial charge in [-0.2, -0.15) is 0 Å². The molecule has 0 saturated carbocycles. The van der Waals surface area contributed by atoms with Crippen LogP contribution >= 0.6 is 0 Å². The molecule has 0 radical (unpaired) electrons. The second-order valence-electron chi connectivity index (χ2n) is 5.50. The highest BCUT2D eigenvalue weighted by atomic mass is 19.1. The van der Waals surface area contributed by atoms with E-state index >= 15 is 0 Å². The average molecular weight is 300 g/mol. The largest absolute Gasteiger partial charge is 0.478 e. The molecule has 1 aromatic carbocycles. The van der Waals surface area contributed by atoms with Crippen LogP contribution in [-0.2, 0) is 6.42 Å². The number of rotatable bonds is 4. The van der Waals surface area contributed by atoms with Crippen LogP contribution in [-0.4, -0.2) is 22.6 Å². The number of pyridine rings is 1. The molecule has 0 aliphatic heterocycles. The van der Waals surface area contributed by atoms with Gasteiger partial charge in [0.15, 0.2) is 0 Å². The highest BCUT2D eigenvalue weighted by Crippen LogP contribution is 2.33. The molecule has 2 N–H and O–H groups in total. The van der Waals surface area contributed by atoms with Crippen molar-refractivity contribution < 1.29 is 14.3 Å². The fourth-order valence-corrected chi connectivity index (χ4v) is 3.07. The molecule has 1 heterocycles. The summed E-state index contributed by atoms with van der Waals surface area (Å²) in [6, 6.07) is 6.67. The Hall–Kier alpha value is -2.43. The zero-order valence-electron chi connectivity index (χ0n) is 12.1. The molecule has 0 saturated heterocycles. The molecule has 5 heteroatoms. The molecule has 0 spiro atoms. The maximum Gasteiger partial charge on any atom is 0.337 e. The molecule has 1 aliphatic rings. The Bertz CT molecular complexity index is 703. The number of nitrogens with zero attached hydrogens (tertiary/aromatic N) is 1. The van der Waals surface area contributed by atoms with Crippen molar-refractivity contribution in [3.05, 3.63) is 59.2 Å². The molecule has 1 aromatic heterocycles. The van der Waals surface area contributed by atoms with E-state index in [1.54, 1.807) is 6.07 Å². The van der Waals surface area contributed by atoms with Crippen molar-refractivity contribution in [2.24, 2.45) is 0 Å². The molecule has 0 amide bonds. The van der Waals surface area contributed by atoms with Gasteiger partial charge >= 0.3 is 5.97 Å². The molecule has 1 unspecified atom stereocenters. The minimum absolute atomic E-state index is 0.144. The molecule has 4 nitrogen and oxygen atoms in total. The van der Waals surface area contributed by atoms with Crippen LogP contribution in [0.2, 0.25) is 0 Å². The third-order valence-corrected chi connectivity index (χ3v) is 4.16. The van der Waals surface area contributed by atoms with Crippen molar-refractivity contribution in [1.29, 1.82) is 0 Å². The number of carbonyl (C=O) groups is 1. The highest BCUT2D eigenvalue weighted by molar-refractivity contribution is 5.93. The molecule has 114 valence electrons. The van der Waals surface area contributed by atoms with E-state index in [1.807, 2.05) is 6.07 Å². The van der Waals surface area contributed by atoms with Crippen molar-refractivity contribution in [3.63, 3.8) is 0 Å². The number of fused-ring (bicyclic) bond motifs is 1. The van der Waals surface area contributed by atoms with E-state index in [-0.39, 0.29) is 17.3 Å². The maximum atomic E-state index is 13.9. The van der Waals surface area contributed by atoms with Gasteiger partial charge in [0, 0.05) is 18.7 Å². The summed E-state index contributed by atoms with van der Waals surface area (Å²) >= 11 is 0. The van der Waals surface area contributed by atoms with Crippen LogP contribution in [0.15, 0.2) is 36.7 Å². The summed E-state index contributed by atoms with van der Waals surface area (Å²) in [5.74, 6) is -0.948. The van der Waals surface area contributed by atoms with E-state index in [4.69, 9.17) is 0 Å². The van der Waals surface area contributed by atoms with Gasteiger partial charge < -0.3 is 10.4 Å². The number of carboxylic acid groups (broad SMARTS) is 1. The van der Waals surface area contributed by atoms with Crippen molar-refractivity contribution in [2.75, 3.05) is 11.9 Å². The average Bonchev–Trinajstić information content (AvgIpc) is 2.53. The van der Waals surface area contributed by atoms with E-state index in [2.05, 4.69) is 10.3 Å². The lowest BCUT2D eigenvalue weighted by atomic mass is 9.82. The van der Waals surface area contributed by atoms with Crippen molar-refractivity contribution in [1.82, 2.24) is 4.98 Å². The van der Waals surface area contributed by atoms with Gasteiger partial charge in [-0.1, -0.05) is 12.1 Å². The molecule has 1 aliphatic carbocycles. The molecule has 0 bridgehead atoms. The lowest BCUT2D eigenvalue weighted by Crippen LogP contribution is -2.20. The first-order valence-electron chi connectivity index (χ1n) is 7.35. The summed E-state index contributed by atoms with van der Waals surface area (Å²) in [6.45, 7) is 0.572.